The molecule has 5 nitrogen and oxygen atoms in total. The van der Waals surface area contributed by atoms with E-state index in [1.807, 2.05) is 42.6 Å². The Morgan fingerprint density at radius 3 is 2.71 bits per heavy atom. The molecule has 2 N–H and O–H groups in total. The second kappa shape index (κ2) is 7.05. The van der Waals surface area contributed by atoms with E-state index in [9.17, 15) is 4.79 Å². The monoisotopic (exact) mass is 386 g/mol. The highest BCUT2D eigenvalue weighted by Crippen LogP contribution is 2.31. The largest absolute Gasteiger partial charge is 0.323 e. The van der Waals surface area contributed by atoms with Gasteiger partial charge in [0.25, 0.3) is 0 Å². The van der Waals surface area contributed by atoms with Crippen LogP contribution in [0.25, 0.3) is 20.8 Å². The zero-order valence-corrected chi connectivity index (χ0v) is 15.9. The van der Waals surface area contributed by atoms with Crippen LogP contribution in [0.2, 0.25) is 0 Å². The summed E-state index contributed by atoms with van der Waals surface area (Å²) in [5.41, 5.74) is 6.19. The predicted octanol–water partition coefficient (Wildman–Crippen LogP) is 5.49. The molecule has 1 aliphatic carbocycles. The van der Waals surface area contributed by atoms with Crippen molar-refractivity contribution in [2.75, 3.05) is 10.6 Å². The summed E-state index contributed by atoms with van der Waals surface area (Å²) in [6.45, 7) is 0. The number of nitrogens with zero attached hydrogens (tertiary/aromatic N) is 2. The molecular formula is C22H18N4OS. The maximum atomic E-state index is 12.4. The van der Waals surface area contributed by atoms with Gasteiger partial charge in [0, 0.05) is 29.3 Å². The van der Waals surface area contributed by atoms with Crippen LogP contribution < -0.4 is 10.6 Å². The summed E-state index contributed by atoms with van der Waals surface area (Å²) in [6, 6.07) is 15.5. The third-order valence-electron chi connectivity index (χ3n) is 4.92. The first-order valence-corrected chi connectivity index (χ1v) is 10.1. The maximum absolute atomic E-state index is 12.4. The summed E-state index contributed by atoms with van der Waals surface area (Å²) < 4.78 is 1.05. The number of urea groups is 1. The van der Waals surface area contributed by atoms with Crippen LogP contribution in [0.1, 0.15) is 17.5 Å². The minimum absolute atomic E-state index is 0.247. The molecule has 0 unspecified atom stereocenters. The van der Waals surface area contributed by atoms with Crippen molar-refractivity contribution in [2.24, 2.45) is 0 Å². The number of carbonyl (C=O) groups excluding carboxylic acids is 1. The lowest BCUT2D eigenvalue weighted by Gasteiger charge is -2.10. The van der Waals surface area contributed by atoms with Crippen LogP contribution in [-0.4, -0.2) is 16.0 Å². The summed E-state index contributed by atoms with van der Waals surface area (Å²) in [4.78, 5) is 21.2. The van der Waals surface area contributed by atoms with Crippen molar-refractivity contribution in [3.05, 3.63) is 72.1 Å². The zero-order valence-electron chi connectivity index (χ0n) is 15.1. The molecule has 2 aromatic heterocycles. The lowest BCUT2D eigenvalue weighted by Crippen LogP contribution is -2.19. The van der Waals surface area contributed by atoms with E-state index in [4.69, 9.17) is 0 Å². The van der Waals surface area contributed by atoms with Gasteiger partial charge >= 0.3 is 6.03 Å². The highest BCUT2D eigenvalue weighted by Gasteiger charge is 2.12. The number of amides is 2. The highest BCUT2D eigenvalue weighted by molar-refractivity contribution is 7.21. The number of aryl methyl sites for hydroxylation is 2. The Kier molecular flexibility index (Phi) is 4.25. The van der Waals surface area contributed by atoms with Gasteiger partial charge in [-0.05, 0) is 60.7 Å². The average Bonchev–Trinajstić information content (AvgIpc) is 3.34. The molecule has 2 heterocycles. The Labute approximate surface area is 166 Å². The van der Waals surface area contributed by atoms with E-state index >= 15 is 0 Å². The quantitative estimate of drug-likeness (QED) is 0.489. The van der Waals surface area contributed by atoms with Crippen LogP contribution in [0.5, 0.6) is 0 Å². The smallest absolute Gasteiger partial charge is 0.308 e. The standard InChI is InChI=1S/C22H18N4OS/c27-22(25-18-8-7-14-3-1-4-15(14)11-18)24-17-6-2-5-16(12-17)21-26-19-9-10-23-13-20(19)28-21/h2,5-13H,1,3-4H2,(H2,24,25,27). The molecule has 0 fully saturated rings. The second-order valence-corrected chi connectivity index (χ2v) is 7.89. The van der Waals surface area contributed by atoms with Gasteiger partial charge in [-0.25, -0.2) is 9.78 Å². The van der Waals surface area contributed by atoms with Gasteiger partial charge in [-0.15, -0.1) is 11.3 Å². The van der Waals surface area contributed by atoms with Crippen LogP contribution in [0.4, 0.5) is 16.2 Å². The number of hydrogen-bond donors (Lipinski definition) is 2. The number of thiazole rings is 1. The fraction of sp³-hybridized carbons (Fsp3) is 0.136. The molecule has 1 aliphatic rings. The van der Waals surface area contributed by atoms with Crippen molar-refractivity contribution in [3.63, 3.8) is 0 Å². The second-order valence-electron chi connectivity index (χ2n) is 6.86. The minimum Gasteiger partial charge on any atom is -0.308 e. The van der Waals surface area contributed by atoms with Gasteiger partial charge < -0.3 is 10.6 Å². The average molecular weight is 386 g/mol. The molecule has 0 spiro atoms. The van der Waals surface area contributed by atoms with Crippen LogP contribution in [0, 0.1) is 0 Å². The molecule has 138 valence electrons. The summed E-state index contributed by atoms with van der Waals surface area (Å²) >= 11 is 1.59. The van der Waals surface area contributed by atoms with Gasteiger partial charge in [-0.2, -0.15) is 0 Å². The van der Waals surface area contributed by atoms with Crippen molar-refractivity contribution >= 4 is 39.0 Å². The van der Waals surface area contributed by atoms with Crippen molar-refractivity contribution in [2.45, 2.75) is 19.3 Å². The summed E-state index contributed by atoms with van der Waals surface area (Å²) in [7, 11) is 0. The number of nitrogens with one attached hydrogen (secondary N) is 2. The predicted molar refractivity (Wildman–Crippen MR) is 114 cm³/mol. The van der Waals surface area contributed by atoms with E-state index in [1.165, 1.54) is 17.5 Å². The molecule has 28 heavy (non-hydrogen) atoms. The molecule has 2 aromatic carbocycles. The van der Waals surface area contributed by atoms with Crippen LogP contribution >= 0.6 is 11.3 Å². The number of anilines is 2. The third kappa shape index (κ3) is 3.34. The number of pyridine rings is 1. The van der Waals surface area contributed by atoms with Gasteiger partial charge in [0.2, 0.25) is 0 Å². The fourth-order valence-corrected chi connectivity index (χ4v) is 4.51. The Balaban J connectivity index is 1.32. The Morgan fingerprint density at radius 2 is 1.82 bits per heavy atom. The lowest BCUT2D eigenvalue weighted by molar-refractivity contribution is 0.262. The molecule has 0 bridgehead atoms. The molecule has 5 rings (SSSR count). The summed E-state index contributed by atoms with van der Waals surface area (Å²) in [5.74, 6) is 0. The van der Waals surface area contributed by atoms with Gasteiger partial charge in [-0.3, -0.25) is 4.98 Å². The zero-order chi connectivity index (χ0) is 18.9. The topological polar surface area (TPSA) is 66.9 Å². The summed E-state index contributed by atoms with van der Waals surface area (Å²) in [6.07, 6.45) is 6.98. The molecule has 6 heteroatoms. The van der Waals surface area contributed by atoms with E-state index in [0.717, 1.165) is 45.0 Å². The van der Waals surface area contributed by atoms with E-state index < -0.39 is 0 Å². The van der Waals surface area contributed by atoms with Crippen molar-refractivity contribution in [1.82, 2.24) is 9.97 Å². The number of benzene rings is 2. The van der Waals surface area contributed by atoms with Crippen LogP contribution in [0.15, 0.2) is 60.9 Å². The van der Waals surface area contributed by atoms with E-state index in [0.29, 0.717) is 0 Å². The first kappa shape index (κ1) is 16.9. The van der Waals surface area contributed by atoms with E-state index in [2.05, 4.69) is 32.7 Å². The minimum atomic E-state index is -0.247. The Morgan fingerprint density at radius 1 is 0.964 bits per heavy atom. The number of rotatable bonds is 3. The van der Waals surface area contributed by atoms with Gasteiger partial charge in [0.15, 0.2) is 0 Å². The maximum Gasteiger partial charge on any atom is 0.323 e. The number of aromatic nitrogens is 2. The molecule has 2 amide bonds. The normalized spacial score (nSPS) is 12.7. The van der Waals surface area contributed by atoms with Crippen molar-refractivity contribution < 1.29 is 4.79 Å². The number of fused-ring (bicyclic) bond motifs is 2. The Hall–Kier alpha value is -3.25. The fourth-order valence-electron chi connectivity index (χ4n) is 3.58. The first-order chi connectivity index (χ1) is 13.7. The highest BCUT2D eigenvalue weighted by atomic mass is 32.1. The van der Waals surface area contributed by atoms with Crippen molar-refractivity contribution in [1.29, 1.82) is 0 Å². The van der Waals surface area contributed by atoms with Gasteiger partial charge in [-0.1, -0.05) is 18.2 Å². The lowest BCUT2D eigenvalue weighted by atomic mass is 10.1. The molecule has 4 aromatic rings. The molecule has 0 saturated carbocycles. The number of hydrogen-bond acceptors (Lipinski definition) is 4. The third-order valence-corrected chi connectivity index (χ3v) is 5.97. The summed E-state index contributed by atoms with van der Waals surface area (Å²) in [5, 5.41) is 6.75. The Bertz CT molecular complexity index is 1150. The van der Waals surface area contributed by atoms with Crippen molar-refractivity contribution in [3.8, 4) is 10.6 Å². The molecular weight excluding hydrogens is 368 g/mol. The molecule has 0 atom stereocenters. The molecule has 0 saturated heterocycles. The van der Waals surface area contributed by atoms with Gasteiger partial charge in [0.05, 0.1) is 10.2 Å². The van der Waals surface area contributed by atoms with E-state index in [1.54, 1.807) is 17.5 Å². The molecule has 0 radical (unpaired) electrons. The van der Waals surface area contributed by atoms with Crippen LogP contribution in [-0.2, 0) is 12.8 Å². The number of carbonyl (C=O) groups is 1. The SMILES string of the molecule is O=C(Nc1cccc(-c2nc3ccncc3s2)c1)Nc1ccc2c(c1)CCC2. The first-order valence-electron chi connectivity index (χ1n) is 9.25. The van der Waals surface area contributed by atoms with Crippen LogP contribution in [0.3, 0.4) is 0 Å². The van der Waals surface area contributed by atoms with E-state index in [-0.39, 0.29) is 6.03 Å². The van der Waals surface area contributed by atoms with Gasteiger partial charge in [0.1, 0.15) is 5.01 Å². The molecule has 0 aliphatic heterocycles.